The van der Waals surface area contributed by atoms with E-state index < -0.39 is 0 Å². The molecule has 0 bridgehead atoms. The molecule has 1 saturated heterocycles. The molecule has 0 aromatic carbocycles. The number of aromatic nitrogens is 2. The van der Waals surface area contributed by atoms with Gasteiger partial charge in [-0.2, -0.15) is 0 Å². The second-order valence-electron chi connectivity index (χ2n) is 4.34. The number of carbonyl (C=O) groups excluding carboxylic acids is 2. The molecule has 0 aliphatic carbocycles. The average Bonchev–Trinajstić information content (AvgIpc) is 2.46. The maximum absolute atomic E-state index is 11.6. The van der Waals surface area contributed by atoms with Crippen molar-refractivity contribution in [2.45, 2.75) is 13.3 Å². The molecule has 7 heteroatoms. The van der Waals surface area contributed by atoms with Gasteiger partial charge in [-0.3, -0.25) is 9.59 Å². The van der Waals surface area contributed by atoms with Crippen LogP contribution in [0.2, 0.25) is 0 Å². The van der Waals surface area contributed by atoms with Crippen LogP contribution < -0.4 is 10.6 Å². The Kier molecular flexibility index (Phi) is 3.94. The van der Waals surface area contributed by atoms with Crippen LogP contribution in [0.1, 0.15) is 23.7 Å². The van der Waals surface area contributed by atoms with Crippen LogP contribution in [-0.4, -0.2) is 53.2 Å². The van der Waals surface area contributed by atoms with E-state index in [4.69, 9.17) is 5.73 Å². The van der Waals surface area contributed by atoms with Crippen LogP contribution in [0.3, 0.4) is 0 Å². The van der Waals surface area contributed by atoms with Gasteiger partial charge < -0.3 is 15.5 Å². The Hall–Kier alpha value is -2.18. The molecule has 102 valence electrons. The third-order valence-electron chi connectivity index (χ3n) is 3.25. The van der Waals surface area contributed by atoms with Gasteiger partial charge in [0.05, 0.1) is 5.56 Å². The summed E-state index contributed by atoms with van der Waals surface area (Å²) in [5.41, 5.74) is 5.98. The number of hydrogen-bond acceptors (Lipinski definition) is 6. The minimum absolute atomic E-state index is 0.150. The summed E-state index contributed by atoms with van der Waals surface area (Å²) in [6.07, 6.45) is 2.54. The molecule has 1 amide bonds. The average molecular weight is 263 g/mol. The van der Waals surface area contributed by atoms with Crippen LogP contribution in [0.25, 0.3) is 0 Å². The minimum Gasteiger partial charge on any atom is -0.383 e. The SMILES string of the molecule is CCC(=O)N1CCN(c2ncnc(N)c2C=O)CC1. The number of nitrogen functional groups attached to an aromatic ring is 1. The predicted molar refractivity (Wildman–Crippen MR) is 70.9 cm³/mol. The number of piperazine rings is 1. The summed E-state index contributed by atoms with van der Waals surface area (Å²) in [4.78, 5) is 34.4. The number of anilines is 2. The number of rotatable bonds is 3. The third kappa shape index (κ3) is 2.64. The van der Waals surface area contributed by atoms with Crippen LogP contribution in [0.5, 0.6) is 0 Å². The number of nitrogens with zero attached hydrogens (tertiary/aromatic N) is 4. The second-order valence-corrected chi connectivity index (χ2v) is 4.34. The van der Waals surface area contributed by atoms with E-state index >= 15 is 0 Å². The van der Waals surface area contributed by atoms with Crippen molar-refractivity contribution in [3.05, 3.63) is 11.9 Å². The van der Waals surface area contributed by atoms with Gasteiger partial charge in [0.2, 0.25) is 5.91 Å². The summed E-state index contributed by atoms with van der Waals surface area (Å²) in [6.45, 7) is 4.40. The van der Waals surface area contributed by atoms with Crippen molar-refractivity contribution < 1.29 is 9.59 Å². The van der Waals surface area contributed by atoms with Crippen LogP contribution >= 0.6 is 0 Å². The van der Waals surface area contributed by atoms with E-state index in [0.717, 1.165) is 0 Å². The van der Waals surface area contributed by atoms with Gasteiger partial charge in [0.1, 0.15) is 18.0 Å². The first-order valence-corrected chi connectivity index (χ1v) is 6.25. The summed E-state index contributed by atoms with van der Waals surface area (Å²) in [5.74, 6) is 0.885. The molecule has 0 atom stereocenters. The lowest BCUT2D eigenvalue weighted by molar-refractivity contribution is -0.131. The first-order chi connectivity index (χ1) is 9.17. The number of carbonyl (C=O) groups is 2. The topological polar surface area (TPSA) is 92.4 Å². The van der Waals surface area contributed by atoms with E-state index in [1.165, 1.54) is 6.33 Å². The van der Waals surface area contributed by atoms with Crippen LogP contribution in [0.15, 0.2) is 6.33 Å². The zero-order valence-corrected chi connectivity index (χ0v) is 10.9. The van der Waals surface area contributed by atoms with Gasteiger partial charge in [-0.05, 0) is 0 Å². The van der Waals surface area contributed by atoms with Crippen molar-refractivity contribution in [1.82, 2.24) is 14.9 Å². The molecule has 1 aromatic rings. The molecule has 0 unspecified atom stereocenters. The lowest BCUT2D eigenvalue weighted by Crippen LogP contribution is -2.49. The van der Waals surface area contributed by atoms with Gasteiger partial charge >= 0.3 is 0 Å². The maximum Gasteiger partial charge on any atom is 0.222 e. The quantitative estimate of drug-likeness (QED) is 0.767. The number of amides is 1. The molecule has 1 aliphatic rings. The molecule has 2 heterocycles. The first-order valence-electron chi connectivity index (χ1n) is 6.25. The predicted octanol–water partition coefficient (Wildman–Crippen LogP) is -0.0701. The Morgan fingerprint density at radius 1 is 1.37 bits per heavy atom. The fourth-order valence-electron chi connectivity index (χ4n) is 2.16. The molecule has 19 heavy (non-hydrogen) atoms. The third-order valence-corrected chi connectivity index (χ3v) is 3.25. The van der Waals surface area contributed by atoms with Crippen molar-refractivity contribution in [1.29, 1.82) is 0 Å². The van der Waals surface area contributed by atoms with Crippen molar-refractivity contribution in [3.63, 3.8) is 0 Å². The van der Waals surface area contributed by atoms with Gasteiger partial charge in [-0.1, -0.05) is 6.92 Å². The smallest absolute Gasteiger partial charge is 0.222 e. The first kappa shape index (κ1) is 13.3. The minimum atomic E-state index is 0.150. The standard InChI is InChI=1S/C12H17N5O2/c1-2-10(19)16-3-5-17(6-4-16)12-9(7-18)11(13)14-8-15-12/h7-8H,2-6H2,1H3,(H2,13,14,15). The van der Waals surface area contributed by atoms with E-state index in [2.05, 4.69) is 9.97 Å². The van der Waals surface area contributed by atoms with Crippen LogP contribution in [0.4, 0.5) is 11.6 Å². The Morgan fingerprint density at radius 2 is 2.05 bits per heavy atom. The summed E-state index contributed by atoms with van der Waals surface area (Å²) >= 11 is 0. The van der Waals surface area contributed by atoms with E-state index in [-0.39, 0.29) is 11.7 Å². The summed E-state index contributed by atoms with van der Waals surface area (Å²) < 4.78 is 0. The molecule has 2 rings (SSSR count). The summed E-state index contributed by atoms with van der Waals surface area (Å²) in [7, 11) is 0. The van der Waals surface area contributed by atoms with E-state index in [9.17, 15) is 9.59 Å². The molecule has 1 aliphatic heterocycles. The van der Waals surface area contributed by atoms with Crippen LogP contribution in [-0.2, 0) is 4.79 Å². The number of nitrogens with two attached hydrogens (primary N) is 1. The van der Waals surface area contributed by atoms with E-state index in [1.807, 2.05) is 16.7 Å². The van der Waals surface area contributed by atoms with Crippen molar-refractivity contribution in [2.24, 2.45) is 0 Å². The highest BCUT2D eigenvalue weighted by Crippen LogP contribution is 2.20. The monoisotopic (exact) mass is 263 g/mol. The summed E-state index contributed by atoms with van der Waals surface area (Å²) in [5, 5.41) is 0. The summed E-state index contributed by atoms with van der Waals surface area (Å²) in [6, 6.07) is 0. The molecular weight excluding hydrogens is 246 g/mol. The Balaban J connectivity index is 2.12. The van der Waals surface area contributed by atoms with Crippen molar-refractivity contribution >= 4 is 23.8 Å². The lowest BCUT2D eigenvalue weighted by atomic mass is 10.2. The van der Waals surface area contributed by atoms with Gasteiger partial charge in [0, 0.05) is 32.6 Å². The highest BCUT2D eigenvalue weighted by Gasteiger charge is 2.23. The van der Waals surface area contributed by atoms with Crippen molar-refractivity contribution in [2.75, 3.05) is 36.8 Å². The molecule has 0 saturated carbocycles. The number of hydrogen-bond donors (Lipinski definition) is 1. The molecular formula is C12H17N5O2. The lowest BCUT2D eigenvalue weighted by Gasteiger charge is -2.35. The second kappa shape index (κ2) is 5.64. The molecule has 0 radical (unpaired) electrons. The van der Waals surface area contributed by atoms with Gasteiger partial charge in [-0.25, -0.2) is 9.97 Å². The molecule has 2 N–H and O–H groups in total. The molecule has 7 nitrogen and oxygen atoms in total. The van der Waals surface area contributed by atoms with E-state index in [0.29, 0.717) is 50.3 Å². The van der Waals surface area contributed by atoms with Crippen molar-refractivity contribution in [3.8, 4) is 0 Å². The highest BCUT2D eigenvalue weighted by molar-refractivity contribution is 5.88. The number of aldehydes is 1. The van der Waals surface area contributed by atoms with Crippen LogP contribution in [0, 0.1) is 0 Å². The molecule has 0 spiro atoms. The highest BCUT2D eigenvalue weighted by atomic mass is 16.2. The fraction of sp³-hybridized carbons (Fsp3) is 0.500. The van der Waals surface area contributed by atoms with Gasteiger partial charge in [0.25, 0.3) is 0 Å². The zero-order valence-electron chi connectivity index (χ0n) is 10.9. The zero-order chi connectivity index (χ0) is 13.8. The largest absolute Gasteiger partial charge is 0.383 e. The Labute approximate surface area is 111 Å². The normalized spacial score (nSPS) is 15.4. The van der Waals surface area contributed by atoms with E-state index in [1.54, 1.807) is 0 Å². The molecule has 1 fully saturated rings. The Bertz CT molecular complexity index is 483. The fourth-order valence-corrected chi connectivity index (χ4v) is 2.16. The van der Waals surface area contributed by atoms with Gasteiger partial charge in [0.15, 0.2) is 6.29 Å². The maximum atomic E-state index is 11.6. The molecule has 1 aromatic heterocycles. The Morgan fingerprint density at radius 3 is 2.63 bits per heavy atom. The van der Waals surface area contributed by atoms with Gasteiger partial charge in [-0.15, -0.1) is 0 Å².